The summed E-state index contributed by atoms with van der Waals surface area (Å²) in [6, 6.07) is 11.8. The lowest BCUT2D eigenvalue weighted by atomic mass is 9.94. The van der Waals surface area contributed by atoms with E-state index in [9.17, 15) is 31.5 Å². The topological polar surface area (TPSA) is 140 Å². The fourth-order valence-electron chi connectivity index (χ4n) is 4.57. The normalized spacial score (nSPS) is 14.4. The van der Waals surface area contributed by atoms with Crippen LogP contribution in [-0.2, 0) is 22.2 Å². The third kappa shape index (κ3) is 6.30. The van der Waals surface area contributed by atoms with Crippen molar-refractivity contribution in [2.75, 3.05) is 5.73 Å². The van der Waals surface area contributed by atoms with Crippen LogP contribution in [0.25, 0.3) is 21.3 Å². The van der Waals surface area contributed by atoms with Crippen molar-refractivity contribution in [3.63, 3.8) is 0 Å². The second kappa shape index (κ2) is 12.0. The van der Waals surface area contributed by atoms with Crippen LogP contribution in [0.3, 0.4) is 0 Å². The maximum Gasteiger partial charge on any atom is 0.421 e. The highest BCUT2D eigenvalue weighted by Gasteiger charge is 2.51. The van der Waals surface area contributed by atoms with Crippen LogP contribution in [0.1, 0.15) is 36.0 Å². The van der Waals surface area contributed by atoms with Crippen LogP contribution in [0.4, 0.5) is 19.0 Å². The molecule has 16 heteroatoms. The summed E-state index contributed by atoms with van der Waals surface area (Å²) < 4.78 is 72.5. The molecular weight excluding hydrogens is 674 g/mol. The highest BCUT2D eigenvalue weighted by molar-refractivity contribution is 7.89. The second-order valence-electron chi connectivity index (χ2n) is 10.1. The molecule has 0 saturated heterocycles. The zero-order chi connectivity index (χ0) is 32.9. The van der Waals surface area contributed by atoms with E-state index >= 15 is 0 Å². The van der Waals surface area contributed by atoms with Crippen molar-refractivity contribution < 1.29 is 26.7 Å². The minimum atomic E-state index is -4.93. The Labute approximate surface area is 269 Å². The van der Waals surface area contributed by atoms with Gasteiger partial charge in [0.25, 0.3) is 5.56 Å². The smallest absolute Gasteiger partial charge is 0.384 e. The molecule has 4 N–H and O–H groups in total. The fraction of sp³-hybridized carbons (Fsp3) is 0.207. The predicted octanol–water partition coefficient (Wildman–Crippen LogP) is 6.27. The first-order chi connectivity index (χ1) is 21.0. The molecule has 0 amide bonds. The Morgan fingerprint density at radius 1 is 1.11 bits per heavy atom. The summed E-state index contributed by atoms with van der Waals surface area (Å²) >= 11 is 13.7. The van der Waals surface area contributed by atoms with E-state index in [-0.39, 0.29) is 38.7 Å². The van der Waals surface area contributed by atoms with Crippen molar-refractivity contribution in [3.05, 3.63) is 104 Å². The molecule has 4 heterocycles. The molecule has 45 heavy (non-hydrogen) atoms. The van der Waals surface area contributed by atoms with Gasteiger partial charge in [0.2, 0.25) is 10.0 Å². The first kappa shape index (κ1) is 32.9. The van der Waals surface area contributed by atoms with Gasteiger partial charge in [-0.1, -0.05) is 41.4 Å². The summed E-state index contributed by atoms with van der Waals surface area (Å²) in [5.74, 6) is 0.0701. The van der Waals surface area contributed by atoms with Crippen LogP contribution in [0.2, 0.25) is 10.0 Å². The van der Waals surface area contributed by atoms with Gasteiger partial charge in [-0.15, -0.1) is 11.3 Å². The number of nitrogens with one attached hydrogen (secondary N) is 1. The van der Waals surface area contributed by atoms with E-state index < -0.39 is 39.0 Å². The lowest BCUT2D eigenvalue weighted by molar-refractivity contribution is -0.258. The number of fused-ring (bicyclic) bond motifs is 1. The van der Waals surface area contributed by atoms with Gasteiger partial charge in [-0.05, 0) is 61.2 Å². The number of alkyl halides is 3. The van der Waals surface area contributed by atoms with Crippen molar-refractivity contribution in [2.45, 2.75) is 43.1 Å². The SMILES string of the molecule is CCn1cc(S(=O)(=O)N[C@@H](c2cc3cccc(-c4cc([C@](C)(O)C(F)(F)F)ccn4)c3s2)c2nc(N)ccc2Cl)cc(Cl)c1=O. The summed E-state index contributed by atoms with van der Waals surface area (Å²) in [4.78, 5) is 21.0. The molecule has 5 aromatic rings. The highest BCUT2D eigenvalue weighted by Crippen LogP contribution is 2.42. The van der Waals surface area contributed by atoms with E-state index in [1.165, 1.54) is 24.5 Å². The van der Waals surface area contributed by atoms with E-state index in [4.69, 9.17) is 28.9 Å². The van der Waals surface area contributed by atoms with Gasteiger partial charge in [-0.2, -0.15) is 17.9 Å². The molecule has 9 nitrogen and oxygen atoms in total. The van der Waals surface area contributed by atoms with E-state index in [0.717, 1.165) is 34.1 Å². The van der Waals surface area contributed by atoms with E-state index in [1.54, 1.807) is 31.2 Å². The first-order valence-electron chi connectivity index (χ1n) is 13.2. The zero-order valence-corrected chi connectivity index (χ0v) is 26.6. The quantitative estimate of drug-likeness (QED) is 0.174. The van der Waals surface area contributed by atoms with Gasteiger partial charge in [-0.25, -0.2) is 13.4 Å². The summed E-state index contributed by atoms with van der Waals surface area (Å²) in [5.41, 5.74) is 2.55. The zero-order valence-electron chi connectivity index (χ0n) is 23.4. The third-order valence-corrected chi connectivity index (χ3v) is 10.3. The Morgan fingerprint density at radius 3 is 2.53 bits per heavy atom. The molecule has 0 saturated carbocycles. The molecule has 0 radical (unpaired) electrons. The monoisotopic (exact) mass is 697 g/mol. The maximum atomic E-state index is 13.7. The number of pyridine rings is 3. The van der Waals surface area contributed by atoms with Gasteiger partial charge in [0.15, 0.2) is 5.60 Å². The Morgan fingerprint density at radius 2 is 1.84 bits per heavy atom. The summed E-state index contributed by atoms with van der Waals surface area (Å²) in [6.45, 7) is 2.49. The average Bonchev–Trinajstić information content (AvgIpc) is 3.42. The van der Waals surface area contributed by atoms with Crippen LogP contribution < -0.4 is 16.0 Å². The molecule has 236 valence electrons. The lowest BCUT2D eigenvalue weighted by Crippen LogP contribution is -2.39. The Bertz CT molecular complexity index is 2100. The number of nitrogen functional groups attached to an aromatic ring is 1. The summed E-state index contributed by atoms with van der Waals surface area (Å²) in [5, 5.41) is 10.7. The van der Waals surface area contributed by atoms with Gasteiger partial charge in [0.1, 0.15) is 10.8 Å². The summed E-state index contributed by atoms with van der Waals surface area (Å²) in [6.07, 6.45) is -2.59. The van der Waals surface area contributed by atoms with E-state index in [0.29, 0.717) is 27.5 Å². The molecule has 0 spiro atoms. The molecule has 0 aliphatic heterocycles. The molecule has 1 aromatic carbocycles. The minimum Gasteiger partial charge on any atom is -0.384 e. The van der Waals surface area contributed by atoms with Crippen LogP contribution in [0.15, 0.2) is 76.7 Å². The number of nitrogens with two attached hydrogens (primary N) is 1. The molecule has 0 bridgehead atoms. The molecule has 5 rings (SSSR count). The average molecular weight is 699 g/mol. The molecular formula is C29H24Cl2F3N5O4S2. The third-order valence-electron chi connectivity index (χ3n) is 7.11. The Kier molecular flexibility index (Phi) is 8.76. The number of aryl methyl sites for hydroxylation is 1. The second-order valence-corrected chi connectivity index (χ2v) is 13.8. The fourth-order valence-corrected chi connectivity index (χ4v) is 7.62. The molecule has 4 aromatic heterocycles. The van der Waals surface area contributed by atoms with Crippen molar-refractivity contribution in [2.24, 2.45) is 0 Å². The highest BCUT2D eigenvalue weighted by atomic mass is 35.5. The first-order valence-corrected chi connectivity index (χ1v) is 16.2. The van der Waals surface area contributed by atoms with Gasteiger partial charge in [0, 0.05) is 34.1 Å². The largest absolute Gasteiger partial charge is 0.421 e. The number of hydrogen-bond donors (Lipinski definition) is 3. The van der Waals surface area contributed by atoms with Gasteiger partial charge in [-0.3, -0.25) is 9.78 Å². The van der Waals surface area contributed by atoms with Crippen LogP contribution in [-0.4, -0.2) is 34.2 Å². The summed E-state index contributed by atoms with van der Waals surface area (Å²) in [7, 11) is -4.37. The van der Waals surface area contributed by atoms with Crippen molar-refractivity contribution in [1.29, 1.82) is 0 Å². The molecule has 2 atom stereocenters. The number of hydrogen-bond acceptors (Lipinski definition) is 8. The van der Waals surface area contributed by atoms with Crippen LogP contribution in [0.5, 0.6) is 0 Å². The van der Waals surface area contributed by atoms with Crippen molar-refractivity contribution >= 4 is 60.5 Å². The minimum absolute atomic E-state index is 0.0701. The van der Waals surface area contributed by atoms with Crippen LogP contribution in [0, 0.1) is 0 Å². The number of rotatable bonds is 8. The number of halogens is 5. The number of sulfonamides is 1. The van der Waals surface area contributed by atoms with E-state index in [2.05, 4.69) is 14.7 Å². The Balaban J connectivity index is 1.66. The maximum absolute atomic E-state index is 13.7. The number of anilines is 1. The molecule has 0 aliphatic rings. The van der Waals surface area contributed by atoms with Crippen molar-refractivity contribution in [1.82, 2.24) is 19.3 Å². The predicted molar refractivity (Wildman–Crippen MR) is 168 cm³/mol. The Hall–Kier alpha value is -3.53. The standard InChI is InChI=1S/C29H24Cl2F3N5O4S2/c1-3-39-14-17(13-20(31)27(39)40)45(42,43)38-25(24-19(30)7-8-23(35)37-24)22-11-15-5-4-6-18(26(15)44-22)21-12-16(9-10-36-21)28(2,41)29(32,33)34/h4-14,25,38,41H,3H2,1-2H3,(H2,35,37)/t25-,28-/m0/s1. The van der Waals surface area contributed by atoms with Crippen molar-refractivity contribution in [3.8, 4) is 11.3 Å². The molecule has 0 fully saturated rings. The molecule has 0 unspecified atom stereocenters. The number of aliphatic hydroxyl groups is 1. The van der Waals surface area contributed by atoms with Gasteiger partial charge in [0.05, 0.1) is 27.3 Å². The van der Waals surface area contributed by atoms with E-state index in [1.807, 2.05) is 0 Å². The molecule has 0 aliphatic carbocycles. The number of aromatic nitrogens is 3. The number of benzene rings is 1. The lowest BCUT2D eigenvalue weighted by Gasteiger charge is -2.26. The number of nitrogens with zero attached hydrogens (tertiary/aromatic N) is 3. The van der Waals surface area contributed by atoms with Gasteiger partial charge >= 0.3 is 6.18 Å². The number of thiophene rings is 1. The van der Waals surface area contributed by atoms with Gasteiger partial charge < -0.3 is 15.4 Å². The van der Waals surface area contributed by atoms with Crippen LogP contribution >= 0.6 is 34.5 Å².